The molecule has 0 radical (unpaired) electrons. The lowest BCUT2D eigenvalue weighted by atomic mass is 9.69. The smallest absolute Gasteiger partial charge is 0.237 e. The van der Waals surface area contributed by atoms with Gasteiger partial charge in [0.25, 0.3) is 0 Å². The molecule has 5 heteroatoms. The molecule has 0 aromatic heterocycles. The van der Waals surface area contributed by atoms with Gasteiger partial charge in [-0.1, -0.05) is 31.4 Å². The van der Waals surface area contributed by atoms with E-state index in [1.807, 2.05) is 12.1 Å². The van der Waals surface area contributed by atoms with Gasteiger partial charge in [0.05, 0.1) is 12.1 Å². The second kappa shape index (κ2) is 6.97. The highest BCUT2D eigenvalue weighted by Crippen LogP contribution is 2.39. The number of β-amino-alcohol motifs (C(OH)–C–C–N with tert-alkyl or cyclic N) is 1. The predicted molar refractivity (Wildman–Crippen MR) is 86.6 cm³/mol. The van der Waals surface area contributed by atoms with Crippen molar-refractivity contribution < 1.29 is 14.3 Å². The van der Waals surface area contributed by atoms with Gasteiger partial charge in [-0.25, -0.2) is 4.39 Å². The minimum absolute atomic E-state index is 0.0476. The van der Waals surface area contributed by atoms with Crippen LogP contribution in [-0.2, 0) is 10.2 Å². The maximum absolute atomic E-state index is 13.2. The van der Waals surface area contributed by atoms with E-state index in [2.05, 4.69) is 10.6 Å². The van der Waals surface area contributed by atoms with Gasteiger partial charge in [-0.05, 0) is 37.0 Å². The molecule has 4 nitrogen and oxygen atoms in total. The van der Waals surface area contributed by atoms with E-state index in [-0.39, 0.29) is 23.2 Å². The SMILES string of the molecule is O=C(NCC1(c2ccc(F)cc2)CCCCC1)C1CC(O)CN1. The first kappa shape index (κ1) is 16.4. The number of rotatable bonds is 4. The van der Waals surface area contributed by atoms with Crippen LogP contribution in [0.2, 0.25) is 0 Å². The molecule has 1 saturated carbocycles. The second-order valence-electron chi connectivity index (χ2n) is 6.92. The molecule has 0 spiro atoms. The molecule has 126 valence electrons. The van der Waals surface area contributed by atoms with Crippen molar-refractivity contribution in [1.29, 1.82) is 0 Å². The lowest BCUT2D eigenvalue weighted by Gasteiger charge is -2.38. The zero-order valence-electron chi connectivity index (χ0n) is 13.4. The second-order valence-corrected chi connectivity index (χ2v) is 6.92. The summed E-state index contributed by atoms with van der Waals surface area (Å²) >= 11 is 0. The topological polar surface area (TPSA) is 61.4 Å². The van der Waals surface area contributed by atoms with Crippen LogP contribution < -0.4 is 10.6 Å². The minimum Gasteiger partial charge on any atom is -0.392 e. The standard InChI is InChI=1S/C18H25FN2O2/c19-14-6-4-13(5-7-14)18(8-2-1-3-9-18)12-21-17(23)16-10-15(22)11-20-16/h4-7,15-16,20,22H,1-3,8-12H2,(H,21,23). The maximum Gasteiger partial charge on any atom is 0.237 e. The molecule has 2 atom stereocenters. The molecule has 2 unspecified atom stereocenters. The Morgan fingerprint density at radius 1 is 1.26 bits per heavy atom. The number of aliphatic hydroxyl groups excluding tert-OH is 1. The molecule has 1 aliphatic carbocycles. The number of nitrogens with one attached hydrogen (secondary N) is 2. The molecule has 1 amide bonds. The summed E-state index contributed by atoms with van der Waals surface area (Å²) in [5.41, 5.74) is 1.01. The van der Waals surface area contributed by atoms with Gasteiger partial charge in [0.1, 0.15) is 5.82 Å². The molecule has 2 aliphatic rings. The normalized spacial score (nSPS) is 26.9. The van der Waals surface area contributed by atoms with Gasteiger partial charge in [0, 0.05) is 18.5 Å². The fourth-order valence-electron chi connectivity index (χ4n) is 3.90. The fraction of sp³-hybridized carbons (Fsp3) is 0.611. The van der Waals surface area contributed by atoms with Crippen molar-refractivity contribution in [1.82, 2.24) is 10.6 Å². The Morgan fingerprint density at radius 3 is 2.57 bits per heavy atom. The van der Waals surface area contributed by atoms with Gasteiger partial charge in [-0.3, -0.25) is 4.79 Å². The lowest BCUT2D eigenvalue weighted by Crippen LogP contribution is -2.47. The third-order valence-electron chi connectivity index (χ3n) is 5.29. The van der Waals surface area contributed by atoms with E-state index < -0.39 is 6.10 Å². The van der Waals surface area contributed by atoms with E-state index in [0.29, 0.717) is 19.5 Å². The average Bonchev–Trinajstić information content (AvgIpc) is 3.01. The minimum atomic E-state index is -0.438. The summed E-state index contributed by atoms with van der Waals surface area (Å²) in [6, 6.07) is 6.40. The summed E-state index contributed by atoms with van der Waals surface area (Å²) in [4.78, 5) is 12.3. The quantitative estimate of drug-likeness (QED) is 0.794. The Kier molecular flexibility index (Phi) is 4.97. The first-order valence-electron chi connectivity index (χ1n) is 8.54. The third kappa shape index (κ3) is 3.72. The Hall–Kier alpha value is -1.46. The van der Waals surface area contributed by atoms with Gasteiger partial charge in [-0.15, -0.1) is 0 Å². The van der Waals surface area contributed by atoms with Crippen LogP contribution in [-0.4, -0.2) is 36.2 Å². The Labute approximate surface area is 136 Å². The van der Waals surface area contributed by atoms with E-state index in [4.69, 9.17) is 0 Å². The summed E-state index contributed by atoms with van der Waals surface area (Å²) in [6.07, 6.45) is 5.54. The van der Waals surface area contributed by atoms with E-state index in [9.17, 15) is 14.3 Å². The molecule has 3 N–H and O–H groups in total. The van der Waals surface area contributed by atoms with Crippen LogP contribution in [0.5, 0.6) is 0 Å². The molecule has 1 aromatic carbocycles. The number of benzene rings is 1. The first-order chi connectivity index (χ1) is 11.1. The zero-order chi connectivity index (χ0) is 16.3. The van der Waals surface area contributed by atoms with E-state index in [1.165, 1.54) is 18.6 Å². The number of aliphatic hydroxyl groups is 1. The first-order valence-corrected chi connectivity index (χ1v) is 8.54. The summed E-state index contributed by atoms with van der Waals surface area (Å²) in [5, 5.41) is 15.6. The molecular weight excluding hydrogens is 295 g/mol. The number of amides is 1. The molecule has 0 bridgehead atoms. The number of hydrogen-bond donors (Lipinski definition) is 3. The molecule has 23 heavy (non-hydrogen) atoms. The van der Waals surface area contributed by atoms with Gasteiger partial charge in [0.2, 0.25) is 5.91 Å². The van der Waals surface area contributed by atoms with Crippen LogP contribution >= 0.6 is 0 Å². The van der Waals surface area contributed by atoms with Crippen LogP contribution in [0.4, 0.5) is 4.39 Å². The van der Waals surface area contributed by atoms with Crippen LogP contribution in [0.3, 0.4) is 0 Å². The summed E-state index contributed by atoms with van der Waals surface area (Å²) in [7, 11) is 0. The third-order valence-corrected chi connectivity index (χ3v) is 5.29. The van der Waals surface area contributed by atoms with Crippen LogP contribution in [0.15, 0.2) is 24.3 Å². The number of carbonyl (C=O) groups is 1. The van der Waals surface area contributed by atoms with Crippen molar-refractivity contribution in [2.24, 2.45) is 0 Å². The Morgan fingerprint density at radius 2 is 1.96 bits per heavy atom. The van der Waals surface area contributed by atoms with Gasteiger partial charge in [0.15, 0.2) is 0 Å². The van der Waals surface area contributed by atoms with E-state index in [0.717, 1.165) is 31.2 Å². The molecule has 1 aliphatic heterocycles. The molecular formula is C18H25FN2O2. The number of carbonyl (C=O) groups excluding carboxylic acids is 1. The molecule has 1 saturated heterocycles. The molecule has 1 aromatic rings. The van der Waals surface area contributed by atoms with Gasteiger partial charge in [-0.2, -0.15) is 0 Å². The Bertz CT molecular complexity index is 540. The van der Waals surface area contributed by atoms with Crippen molar-refractivity contribution in [3.8, 4) is 0 Å². The van der Waals surface area contributed by atoms with Crippen molar-refractivity contribution in [2.45, 2.75) is 56.1 Å². The lowest BCUT2D eigenvalue weighted by molar-refractivity contribution is -0.123. The monoisotopic (exact) mass is 320 g/mol. The predicted octanol–water partition coefficient (Wildman–Crippen LogP) is 1.87. The van der Waals surface area contributed by atoms with Crippen molar-refractivity contribution in [3.63, 3.8) is 0 Å². The van der Waals surface area contributed by atoms with Gasteiger partial charge < -0.3 is 15.7 Å². The molecule has 2 fully saturated rings. The highest BCUT2D eigenvalue weighted by molar-refractivity contribution is 5.82. The highest BCUT2D eigenvalue weighted by Gasteiger charge is 2.35. The number of halogens is 1. The zero-order valence-corrected chi connectivity index (χ0v) is 13.4. The average molecular weight is 320 g/mol. The maximum atomic E-state index is 13.2. The van der Waals surface area contributed by atoms with Crippen LogP contribution in [0.25, 0.3) is 0 Å². The van der Waals surface area contributed by atoms with Gasteiger partial charge >= 0.3 is 0 Å². The summed E-state index contributed by atoms with van der Waals surface area (Å²) < 4.78 is 13.2. The molecule has 3 rings (SSSR count). The van der Waals surface area contributed by atoms with Crippen LogP contribution in [0.1, 0.15) is 44.1 Å². The van der Waals surface area contributed by atoms with Crippen LogP contribution in [0, 0.1) is 5.82 Å². The summed E-state index contributed by atoms with van der Waals surface area (Å²) in [6.45, 7) is 1.05. The fourth-order valence-corrected chi connectivity index (χ4v) is 3.90. The largest absolute Gasteiger partial charge is 0.392 e. The van der Waals surface area contributed by atoms with Crippen molar-refractivity contribution >= 4 is 5.91 Å². The van der Waals surface area contributed by atoms with E-state index in [1.54, 1.807) is 0 Å². The van der Waals surface area contributed by atoms with E-state index >= 15 is 0 Å². The highest BCUT2D eigenvalue weighted by atomic mass is 19.1. The van der Waals surface area contributed by atoms with Crippen molar-refractivity contribution in [2.75, 3.05) is 13.1 Å². The van der Waals surface area contributed by atoms with Crippen molar-refractivity contribution in [3.05, 3.63) is 35.6 Å². The summed E-state index contributed by atoms with van der Waals surface area (Å²) in [5.74, 6) is -0.276. The number of hydrogen-bond acceptors (Lipinski definition) is 3. The molecule has 1 heterocycles. The Balaban J connectivity index is 1.69.